The van der Waals surface area contributed by atoms with Gasteiger partial charge in [-0.05, 0) is 42.8 Å². The van der Waals surface area contributed by atoms with Crippen LogP contribution in [-0.4, -0.2) is 30.5 Å². The van der Waals surface area contributed by atoms with Crippen molar-refractivity contribution in [3.8, 4) is 11.4 Å². The number of aryl methyl sites for hydroxylation is 1. The van der Waals surface area contributed by atoms with Gasteiger partial charge in [0, 0.05) is 11.9 Å². The van der Waals surface area contributed by atoms with Gasteiger partial charge in [-0.25, -0.2) is 14.3 Å². The second-order valence-electron chi connectivity index (χ2n) is 6.85. The number of hydrogen-bond acceptors (Lipinski definition) is 5. The highest BCUT2D eigenvalue weighted by molar-refractivity contribution is 7.20. The molecule has 5 rings (SSSR count). The minimum atomic E-state index is -0.0874. The summed E-state index contributed by atoms with van der Waals surface area (Å²) in [5.41, 5.74) is 3.83. The van der Waals surface area contributed by atoms with Crippen molar-refractivity contribution in [2.45, 2.75) is 13.5 Å². The predicted octanol–water partition coefficient (Wildman–Crippen LogP) is 3.91. The smallest absolute Gasteiger partial charge is 0.261 e. The zero-order valence-corrected chi connectivity index (χ0v) is 17.0. The molecule has 0 atom stereocenters. The molecule has 0 aliphatic heterocycles. The number of carbonyl (C=O) groups is 1. The van der Waals surface area contributed by atoms with Crippen LogP contribution in [-0.2, 0) is 6.54 Å². The Morgan fingerprint density at radius 3 is 2.60 bits per heavy atom. The zero-order valence-electron chi connectivity index (χ0n) is 16.2. The third-order valence-corrected chi connectivity index (χ3v) is 5.95. The monoisotopic (exact) mass is 414 g/mol. The van der Waals surface area contributed by atoms with Crippen LogP contribution in [0.15, 0.2) is 73.3 Å². The quantitative estimate of drug-likeness (QED) is 0.473. The van der Waals surface area contributed by atoms with Gasteiger partial charge in [0.25, 0.3) is 5.91 Å². The molecule has 30 heavy (non-hydrogen) atoms. The molecule has 0 aliphatic rings. The molecule has 0 bridgehead atoms. The Labute approximate surface area is 176 Å². The Morgan fingerprint density at radius 1 is 1.07 bits per heavy atom. The molecule has 1 N–H and O–H groups in total. The largest absolute Gasteiger partial charge is 0.347 e. The Morgan fingerprint density at radius 2 is 1.87 bits per heavy atom. The topological polar surface area (TPSA) is 77.6 Å². The van der Waals surface area contributed by atoms with Crippen molar-refractivity contribution in [3.05, 3.63) is 89.5 Å². The molecule has 148 valence electrons. The van der Waals surface area contributed by atoms with Gasteiger partial charge >= 0.3 is 0 Å². The van der Waals surface area contributed by atoms with E-state index < -0.39 is 0 Å². The van der Waals surface area contributed by atoms with Gasteiger partial charge in [-0.2, -0.15) is 10.2 Å². The summed E-state index contributed by atoms with van der Waals surface area (Å²) >= 11 is 1.45. The minimum Gasteiger partial charge on any atom is -0.347 e. The molecule has 0 saturated heterocycles. The summed E-state index contributed by atoms with van der Waals surface area (Å²) in [4.78, 5) is 18.3. The van der Waals surface area contributed by atoms with Crippen LogP contribution >= 0.6 is 11.3 Å². The molecule has 5 aromatic rings. The summed E-state index contributed by atoms with van der Waals surface area (Å²) in [7, 11) is 0. The van der Waals surface area contributed by atoms with Crippen LogP contribution in [0.4, 0.5) is 0 Å². The van der Waals surface area contributed by atoms with Gasteiger partial charge in [0.2, 0.25) is 0 Å². The Bertz CT molecular complexity index is 1300. The standard InChI is InChI=1S/C22H18N6OS/c1-15-19-11-20(30-22(19)28(26-15)18-5-3-2-4-6-18)21(29)24-12-16-7-9-17(10-8-16)27-14-23-13-25-27/h2-11,13-14H,12H2,1H3,(H,24,29). The SMILES string of the molecule is Cc1nn(-c2ccccc2)c2sc(C(=O)NCc3ccc(-n4cncn4)cc3)cc12. The van der Waals surface area contributed by atoms with E-state index in [-0.39, 0.29) is 5.91 Å². The van der Waals surface area contributed by atoms with Crippen molar-refractivity contribution >= 4 is 27.5 Å². The van der Waals surface area contributed by atoms with Crippen LogP contribution < -0.4 is 5.32 Å². The average Bonchev–Trinajstić information content (AvgIpc) is 3.52. The van der Waals surface area contributed by atoms with Gasteiger partial charge in [-0.1, -0.05) is 30.3 Å². The Balaban J connectivity index is 1.33. The van der Waals surface area contributed by atoms with Crippen LogP contribution in [0.5, 0.6) is 0 Å². The number of aromatic nitrogens is 5. The van der Waals surface area contributed by atoms with Gasteiger partial charge in [0.1, 0.15) is 17.5 Å². The van der Waals surface area contributed by atoms with Crippen molar-refractivity contribution in [1.29, 1.82) is 0 Å². The lowest BCUT2D eigenvalue weighted by Gasteiger charge is -2.06. The molecule has 0 spiro atoms. The molecular formula is C22H18N6OS. The maximum atomic E-state index is 12.7. The van der Waals surface area contributed by atoms with Crippen molar-refractivity contribution in [2.24, 2.45) is 0 Å². The van der Waals surface area contributed by atoms with Gasteiger partial charge in [-0.3, -0.25) is 4.79 Å². The molecule has 0 unspecified atom stereocenters. The predicted molar refractivity (Wildman–Crippen MR) is 116 cm³/mol. The average molecular weight is 414 g/mol. The summed E-state index contributed by atoms with van der Waals surface area (Å²) in [6.07, 6.45) is 3.15. The number of nitrogens with zero attached hydrogens (tertiary/aromatic N) is 5. The second-order valence-corrected chi connectivity index (χ2v) is 7.88. The fourth-order valence-corrected chi connectivity index (χ4v) is 4.38. The van der Waals surface area contributed by atoms with E-state index in [1.165, 1.54) is 17.7 Å². The summed E-state index contributed by atoms with van der Waals surface area (Å²) in [5, 5.41) is 12.8. The van der Waals surface area contributed by atoms with Crippen LogP contribution in [0.25, 0.3) is 21.6 Å². The van der Waals surface area contributed by atoms with E-state index in [1.54, 1.807) is 11.0 Å². The van der Waals surface area contributed by atoms with E-state index >= 15 is 0 Å². The van der Waals surface area contributed by atoms with Crippen LogP contribution in [0.1, 0.15) is 20.9 Å². The maximum Gasteiger partial charge on any atom is 0.261 e. The first kappa shape index (κ1) is 18.3. The third kappa shape index (κ3) is 3.37. The van der Waals surface area contributed by atoms with Gasteiger partial charge in [-0.15, -0.1) is 11.3 Å². The molecule has 0 saturated carbocycles. The molecular weight excluding hydrogens is 396 g/mol. The highest BCUT2D eigenvalue weighted by Crippen LogP contribution is 2.30. The van der Waals surface area contributed by atoms with Crippen molar-refractivity contribution < 1.29 is 4.79 Å². The maximum absolute atomic E-state index is 12.7. The molecule has 3 aromatic heterocycles. The number of benzene rings is 2. The van der Waals surface area contributed by atoms with Crippen molar-refractivity contribution in [2.75, 3.05) is 0 Å². The first-order valence-corrected chi connectivity index (χ1v) is 10.3. The summed E-state index contributed by atoms with van der Waals surface area (Å²) in [5.74, 6) is -0.0874. The molecule has 8 heteroatoms. The first-order chi connectivity index (χ1) is 14.7. The number of para-hydroxylation sites is 1. The Kier molecular flexibility index (Phi) is 4.61. The summed E-state index contributed by atoms with van der Waals surface area (Å²) in [6.45, 7) is 2.42. The van der Waals surface area contributed by atoms with Crippen molar-refractivity contribution in [3.63, 3.8) is 0 Å². The fourth-order valence-electron chi connectivity index (χ4n) is 3.28. The van der Waals surface area contributed by atoms with E-state index in [4.69, 9.17) is 0 Å². The summed E-state index contributed by atoms with van der Waals surface area (Å²) < 4.78 is 3.59. The van der Waals surface area contributed by atoms with Crippen LogP contribution in [0.2, 0.25) is 0 Å². The van der Waals surface area contributed by atoms with Gasteiger partial charge < -0.3 is 5.32 Å². The van der Waals surface area contributed by atoms with E-state index in [2.05, 4.69) is 20.5 Å². The molecule has 0 radical (unpaired) electrons. The summed E-state index contributed by atoms with van der Waals surface area (Å²) in [6, 6.07) is 19.7. The van der Waals surface area contributed by atoms with E-state index in [0.29, 0.717) is 11.4 Å². The number of rotatable bonds is 5. The van der Waals surface area contributed by atoms with Crippen LogP contribution in [0, 0.1) is 6.92 Å². The first-order valence-electron chi connectivity index (χ1n) is 9.46. The second kappa shape index (κ2) is 7.57. The highest BCUT2D eigenvalue weighted by atomic mass is 32.1. The highest BCUT2D eigenvalue weighted by Gasteiger charge is 2.17. The van der Waals surface area contributed by atoms with Gasteiger partial charge in [0.15, 0.2) is 0 Å². The number of hydrogen-bond donors (Lipinski definition) is 1. The van der Waals surface area contributed by atoms with E-state index in [1.807, 2.05) is 72.3 Å². The normalized spacial score (nSPS) is 11.1. The van der Waals surface area contributed by atoms with E-state index in [9.17, 15) is 4.79 Å². The third-order valence-electron chi connectivity index (χ3n) is 4.84. The lowest BCUT2D eigenvalue weighted by Crippen LogP contribution is -2.21. The fraction of sp³-hybridized carbons (Fsp3) is 0.0909. The molecule has 0 aliphatic carbocycles. The van der Waals surface area contributed by atoms with E-state index in [0.717, 1.165) is 32.8 Å². The molecule has 7 nitrogen and oxygen atoms in total. The number of nitrogens with one attached hydrogen (secondary N) is 1. The minimum absolute atomic E-state index is 0.0874. The van der Waals surface area contributed by atoms with Crippen molar-refractivity contribution in [1.82, 2.24) is 29.9 Å². The molecule has 3 heterocycles. The van der Waals surface area contributed by atoms with Crippen LogP contribution in [0.3, 0.4) is 0 Å². The molecule has 1 amide bonds. The zero-order chi connectivity index (χ0) is 20.5. The lowest BCUT2D eigenvalue weighted by atomic mass is 10.2. The number of amides is 1. The number of fused-ring (bicyclic) bond motifs is 1. The molecule has 0 fully saturated rings. The molecule has 2 aromatic carbocycles. The number of carbonyl (C=O) groups excluding carboxylic acids is 1. The number of thiophene rings is 1. The van der Waals surface area contributed by atoms with Gasteiger partial charge in [0.05, 0.1) is 21.9 Å². The Hall–Kier alpha value is -3.78. The lowest BCUT2D eigenvalue weighted by molar-refractivity contribution is 0.0955.